The van der Waals surface area contributed by atoms with Crippen LogP contribution < -0.4 is 4.74 Å². The van der Waals surface area contributed by atoms with Crippen LogP contribution in [-0.2, 0) is 0 Å². The number of rotatable bonds is 8. The maximum absolute atomic E-state index is 15.0. The molecule has 4 rings (SSSR count). The summed E-state index contributed by atoms with van der Waals surface area (Å²) in [5.74, 6) is -0.953. The number of halogens is 3. The van der Waals surface area contributed by atoms with Gasteiger partial charge >= 0.3 is 0 Å². The zero-order chi connectivity index (χ0) is 24.8. The van der Waals surface area contributed by atoms with Gasteiger partial charge in [-0.1, -0.05) is 67.5 Å². The first kappa shape index (κ1) is 25.1. The van der Waals surface area contributed by atoms with Crippen LogP contribution in [0.1, 0.15) is 68.1 Å². The largest absolute Gasteiger partial charge is 0.493 e. The molecule has 0 aliphatic heterocycles. The second-order valence-electron chi connectivity index (χ2n) is 9.55. The molecule has 4 heteroatoms. The second kappa shape index (κ2) is 11.6. The monoisotopic (exact) mass is 478 g/mol. The van der Waals surface area contributed by atoms with Crippen molar-refractivity contribution >= 4 is 6.08 Å². The molecule has 0 radical (unpaired) electrons. The first-order chi connectivity index (χ1) is 17.0. The van der Waals surface area contributed by atoms with Crippen LogP contribution in [-0.4, -0.2) is 6.61 Å². The Morgan fingerprint density at radius 3 is 2.31 bits per heavy atom. The number of hydrogen-bond donors (Lipinski definition) is 0. The van der Waals surface area contributed by atoms with E-state index in [0.717, 1.165) is 44.1 Å². The summed E-state index contributed by atoms with van der Waals surface area (Å²) in [7, 11) is 0. The lowest BCUT2D eigenvalue weighted by atomic mass is 9.78. The molecule has 0 bridgehead atoms. The summed E-state index contributed by atoms with van der Waals surface area (Å²) in [5.41, 5.74) is 3.06. The average Bonchev–Trinajstić information content (AvgIpc) is 2.86. The van der Waals surface area contributed by atoms with Crippen molar-refractivity contribution in [2.75, 3.05) is 6.61 Å². The van der Waals surface area contributed by atoms with E-state index in [1.54, 1.807) is 24.3 Å². The third-order valence-electron chi connectivity index (χ3n) is 6.97. The van der Waals surface area contributed by atoms with Crippen molar-refractivity contribution in [2.24, 2.45) is 5.92 Å². The smallest absolute Gasteiger partial charge is 0.166 e. The predicted molar refractivity (Wildman–Crippen MR) is 137 cm³/mol. The molecular weight excluding hydrogens is 445 g/mol. The topological polar surface area (TPSA) is 9.23 Å². The van der Waals surface area contributed by atoms with Gasteiger partial charge in [-0.2, -0.15) is 0 Å². The minimum Gasteiger partial charge on any atom is -0.493 e. The van der Waals surface area contributed by atoms with Crippen molar-refractivity contribution < 1.29 is 17.9 Å². The summed E-state index contributed by atoms with van der Waals surface area (Å²) in [4.78, 5) is 0. The van der Waals surface area contributed by atoms with Gasteiger partial charge in [0.2, 0.25) is 0 Å². The number of hydrogen-bond acceptors (Lipinski definition) is 1. The molecule has 3 aromatic rings. The van der Waals surface area contributed by atoms with Crippen LogP contribution in [0, 0.1) is 30.3 Å². The normalized spacial score (nSPS) is 18.2. The minimum absolute atomic E-state index is 0.00231. The summed E-state index contributed by atoms with van der Waals surface area (Å²) in [5, 5.41) is 0. The summed E-state index contributed by atoms with van der Waals surface area (Å²) >= 11 is 0. The van der Waals surface area contributed by atoms with E-state index in [4.69, 9.17) is 4.74 Å². The number of benzene rings is 3. The lowest BCUT2D eigenvalue weighted by molar-refractivity contribution is 0.308. The first-order valence-electron chi connectivity index (χ1n) is 12.6. The lowest BCUT2D eigenvalue weighted by Gasteiger charge is -2.27. The van der Waals surface area contributed by atoms with Gasteiger partial charge in [0.1, 0.15) is 11.6 Å². The highest BCUT2D eigenvalue weighted by atomic mass is 19.2. The van der Waals surface area contributed by atoms with Gasteiger partial charge in [0.15, 0.2) is 11.6 Å². The zero-order valence-corrected chi connectivity index (χ0v) is 20.5. The average molecular weight is 479 g/mol. The molecule has 0 atom stereocenters. The Labute approximate surface area is 206 Å². The van der Waals surface area contributed by atoms with Crippen molar-refractivity contribution in [3.05, 3.63) is 94.8 Å². The van der Waals surface area contributed by atoms with Crippen molar-refractivity contribution in [1.29, 1.82) is 0 Å². The molecule has 0 unspecified atom stereocenters. The van der Waals surface area contributed by atoms with Gasteiger partial charge in [-0.25, -0.2) is 13.2 Å². The number of allylic oxidation sites excluding steroid dienone is 1. The number of ether oxygens (including phenoxy) is 1. The highest BCUT2D eigenvalue weighted by molar-refractivity contribution is 5.65. The Morgan fingerprint density at radius 2 is 1.63 bits per heavy atom. The lowest BCUT2D eigenvalue weighted by Crippen LogP contribution is -2.13. The fraction of sp³-hybridized carbons (Fsp3) is 0.355. The van der Waals surface area contributed by atoms with E-state index in [1.807, 2.05) is 43.3 Å². The van der Waals surface area contributed by atoms with Crippen LogP contribution in [0.2, 0.25) is 0 Å². The molecule has 1 saturated carbocycles. The van der Waals surface area contributed by atoms with Crippen LogP contribution in [0.25, 0.3) is 17.2 Å². The Morgan fingerprint density at radius 1 is 0.886 bits per heavy atom. The Balaban J connectivity index is 1.37. The molecular formula is C31H33F3O. The molecule has 0 aromatic heterocycles. The summed E-state index contributed by atoms with van der Waals surface area (Å²) < 4.78 is 49.9. The van der Waals surface area contributed by atoms with E-state index < -0.39 is 11.6 Å². The van der Waals surface area contributed by atoms with Crippen molar-refractivity contribution in [3.8, 4) is 16.9 Å². The predicted octanol–water partition coefficient (Wildman–Crippen LogP) is 9.25. The standard InChI is InChI=1S/C31H33F3O/c1-3-4-19-35-26-16-15-25(29(32)20-26)14-9-22-7-12-24(13-8-22)28-18-17-27(30(33)31(28)34)23-10-5-21(2)6-11-23/h5-6,9-11,14-18,20,22,24H,3-4,7-8,12-13,19H2,1-2H3/b14-9+. The van der Waals surface area contributed by atoms with Crippen molar-refractivity contribution in [3.63, 3.8) is 0 Å². The van der Waals surface area contributed by atoms with Crippen LogP contribution in [0.15, 0.2) is 60.7 Å². The highest BCUT2D eigenvalue weighted by Gasteiger charge is 2.25. The second-order valence-corrected chi connectivity index (χ2v) is 9.55. The summed E-state index contributed by atoms with van der Waals surface area (Å²) in [6.07, 6.45) is 9.13. The molecule has 184 valence electrons. The molecule has 0 N–H and O–H groups in total. The Kier molecular flexibility index (Phi) is 8.33. The fourth-order valence-corrected chi connectivity index (χ4v) is 4.77. The third kappa shape index (κ3) is 6.17. The molecule has 3 aromatic carbocycles. The summed E-state index contributed by atoms with van der Waals surface area (Å²) in [6, 6.07) is 15.9. The van der Waals surface area contributed by atoms with E-state index >= 15 is 4.39 Å². The zero-order valence-electron chi connectivity index (χ0n) is 20.5. The van der Waals surface area contributed by atoms with Gasteiger partial charge in [-0.05, 0) is 74.1 Å². The van der Waals surface area contributed by atoms with Gasteiger partial charge in [0.05, 0.1) is 6.61 Å². The fourth-order valence-electron chi connectivity index (χ4n) is 4.77. The van der Waals surface area contributed by atoms with Gasteiger partial charge in [-0.15, -0.1) is 0 Å². The van der Waals surface area contributed by atoms with Crippen LogP contribution in [0.4, 0.5) is 13.2 Å². The highest BCUT2D eigenvalue weighted by Crippen LogP contribution is 2.39. The maximum atomic E-state index is 15.0. The van der Waals surface area contributed by atoms with Crippen molar-refractivity contribution in [2.45, 2.75) is 58.3 Å². The molecule has 1 aliphatic rings. The molecule has 0 spiro atoms. The van der Waals surface area contributed by atoms with Gasteiger partial charge in [0.25, 0.3) is 0 Å². The van der Waals surface area contributed by atoms with E-state index in [2.05, 4.69) is 6.92 Å². The Bertz CT molecular complexity index is 1160. The molecule has 35 heavy (non-hydrogen) atoms. The molecule has 1 nitrogen and oxygen atoms in total. The third-order valence-corrected chi connectivity index (χ3v) is 6.97. The van der Waals surface area contributed by atoms with Crippen LogP contribution in [0.5, 0.6) is 5.75 Å². The molecule has 1 aliphatic carbocycles. The van der Waals surface area contributed by atoms with E-state index in [9.17, 15) is 8.78 Å². The molecule has 1 fully saturated rings. The van der Waals surface area contributed by atoms with Crippen LogP contribution >= 0.6 is 0 Å². The van der Waals surface area contributed by atoms with Gasteiger partial charge in [0, 0.05) is 17.2 Å². The maximum Gasteiger partial charge on any atom is 0.166 e. The SMILES string of the molecule is CCCCOc1ccc(/C=C/C2CCC(c3ccc(-c4ccc(C)cc4)c(F)c3F)CC2)c(F)c1. The number of aryl methyl sites for hydroxylation is 1. The van der Waals surface area contributed by atoms with Gasteiger partial charge in [-0.3, -0.25) is 0 Å². The number of unbranched alkanes of at least 4 members (excludes halogenated alkanes) is 1. The van der Waals surface area contributed by atoms with Crippen LogP contribution in [0.3, 0.4) is 0 Å². The Hall–Kier alpha value is -3.01. The quantitative estimate of drug-likeness (QED) is 0.293. The molecule has 0 saturated heterocycles. The summed E-state index contributed by atoms with van der Waals surface area (Å²) in [6.45, 7) is 4.64. The van der Waals surface area contributed by atoms with Gasteiger partial charge < -0.3 is 4.74 Å². The molecule has 0 amide bonds. The molecule has 0 heterocycles. The minimum atomic E-state index is -0.772. The van der Waals surface area contributed by atoms with E-state index in [-0.39, 0.29) is 11.7 Å². The van der Waals surface area contributed by atoms with E-state index in [1.165, 1.54) is 6.07 Å². The van der Waals surface area contributed by atoms with E-state index in [0.29, 0.717) is 40.5 Å². The first-order valence-corrected chi connectivity index (χ1v) is 12.6. The van der Waals surface area contributed by atoms with Crippen molar-refractivity contribution in [1.82, 2.24) is 0 Å².